The van der Waals surface area contributed by atoms with Gasteiger partial charge in [0.2, 0.25) is 0 Å². The van der Waals surface area contributed by atoms with E-state index < -0.39 is 0 Å². The van der Waals surface area contributed by atoms with Gasteiger partial charge in [0.1, 0.15) is 0 Å². The Morgan fingerprint density at radius 2 is 0.929 bits per heavy atom. The molecule has 14 heavy (non-hydrogen) atoms. The fraction of sp³-hybridized carbons (Fsp3) is 0.923. The van der Waals surface area contributed by atoms with E-state index in [4.69, 9.17) is 0 Å². The summed E-state index contributed by atoms with van der Waals surface area (Å²) in [6.07, 6.45) is 15.1. The van der Waals surface area contributed by atoms with Gasteiger partial charge in [-0.25, -0.2) is 0 Å². The van der Waals surface area contributed by atoms with Crippen molar-refractivity contribution in [2.45, 2.75) is 70.6 Å². The van der Waals surface area contributed by atoms with Crippen LogP contribution in [0.15, 0.2) is 0 Å². The maximum atomic E-state index is 4.21. The minimum Gasteiger partial charge on any atom is -0.179 e. The summed E-state index contributed by atoms with van der Waals surface area (Å²) in [6, 6.07) is 0. The second kappa shape index (κ2) is 13.4. The van der Waals surface area contributed by atoms with Crippen LogP contribution in [0.2, 0.25) is 0 Å². The van der Waals surface area contributed by atoms with Crippen molar-refractivity contribution in [2.24, 2.45) is 0 Å². The van der Waals surface area contributed by atoms with Crippen LogP contribution in [-0.4, -0.2) is 5.75 Å². The van der Waals surface area contributed by atoms with Crippen LogP contribution in [0.5, 0.6) is 0 Å². The summed E-state index contributed by atoms with van der Waals surface area (Å²) in [5, 5.41) is 0. The zero-order valence-corrected chi connectivity index (χ0v) is 10.5. The van der Waals surface area contributed by atoms with Gasteiger partial charge in [-0.15, -0.1) is 0 Å². The average molecular weight is 215 g/mol. The topological polar surface area (TPSA) is 0 Å². The second-order valence-electron chi connectivity index (χ2n) is 4.11. The Morgan fingerprint density at radius 3 is 1.29 bits per heavy atom. The van der Waals surface area contributed by atoms with E-state index in [0.29, 0.717) is 0 Å². The molecule has 0 N–H and O–H groups in total. The van der Waals surface area contributed by atoms with Crippen LogP contribution in [0.3, 0.4) is 0 Å². The Kier molecular flexibility index (Phi) is 13.7. The lowest BCUT2D eigenvalue weighted by Crippen LogP contribution is -1.82. The molecule has 0 saturated carbocycles. The zero-order chi connectivity index (χ0) is 10.5. The monoisotopic (exact) mass is 215 g/mol. The minimum atomic E-state index is 1.06. The van der Waals surface area contributed by atoms with Gasteiger partial charge in [0, 0.05) is 0 Å². The quantitative estimate of drug-likeness (QED) is 0.362. The van der Waals surface area contributed by atoms with E-state index >= 15 is 0 Å². The smallest absolute Gasteiger partial charge is 0.00979 e. The first-order chi connectivity index (χ1) is 6.91. The second-order valence-corrected chi connectivity index (χ2v) is 4.56. The van der Waals surface area contributed by atoms with Gasteiger partial charge in [0.25, 0.3) is 0 Å². The highest BCUT2D eigenvalue weighted by Gasteiger charge is 1.91. The molecule has 0 aromatic carbocycles. The van der Waals surface area contributed by atoms with Crippen LogP contribution >= 0.6 is 12.6 Å². The fourth-order valence-electron chi connectivity index (χ4n) is 1.70. The van der Waals surface area contributed by atoms with Gasteiger partial charge in [-0.05, 0) is 12.2 Å². The van der Waals surface area contributed by atoms with Crippen molar-refractivity contribution in [1.82, 2.24) is 0 Å². The highest BCUT2D eigenvalue weighted by Crippen LogP contribution is 2.11. The summed E-state index contributed by atoms with van der Waals surface area (Å²) in [5.74, 6) is 1.06. The maximum Gasteiger partial charge on any atom is -0.00979 e. The molecule has 0 atom stereocenters. The Balaban J connectivity index is 2.78. The molecular weight excluding hydrogens is 188 g/mol. The molecular formula is C13H27S. The minimum absolute atomic E-state index is 1.06. The SMILES string of the molecule is [CH2]CCCCCCCCCCCCS. The summed E-state index contributed by atoms with van der Waals surface area (Å²) in [7, 11) is 0. The van der Waals surface area contributed by atoms with Crippen LogP contribution in [0, 0.1) is 6.92 Å². The highest BCUT2D eigenvalue weighted by atomic mass is 32.1. The Bertz CT molecular complexity index is 79.2. The molecule has 0 bridgehead atoms. The summed E-state index contributed by atoms with van der Waals surface area (Å²) < 4.78 is 0. The fourth-order valence-corrected chi connectivity index (χ4v) is 1.93. The molecule has 0 aromatic heterocycles. The molecule has 0 fully saturated rings. The van der Waals surface area contributed by atoms with Crippen LogP contribution in [0.25, 0.3) is 0 Å². The van der Waals surface area contributed by atoms with Crippen molar-refractivity contribution in [3.8, 4) is 0 Å². The number of thiol groups is 1. The lowest BCUT2D eigenvalue weighted by molar-refractivity contribution is 0.558. The first-order valence-electron chi connectivity index (χ1n) is 6.32. The number of hydrogen-bond acceptors (Lipinski definition) is 1. The molecule has 0 aliphatic rings. The third-order valence-electron chi connectivity index (χ3n) is 2.66. The van der Waals surface area contributed by atoms with Crippen LogP contribution in [-0.2, 0) is 0 Å². The summed E-state index contributed by atoms with van der Waals surface area (Å²) in [4.78, 5) is 0. The van der Waals surface area contributed by atoms with Crippen LogP contribution in [0.1, 0.15) is 70.6 Å². The van der Waals surface area contributed by atoms with Gasteiger partial charge in [0.15, 0.2) is 0 Å². The maximum absolute atomic E-state index is 4.21. The lowest BCUT2D eigenvalue weighted by Gasteiger charge is -2.01. The van der Waals surface area contributed by atoms with Crippen molar-refractivity contribution in [1.29, 1.82) is 0 Å². The zero-order valence-electron chi connectivity index (χ0n) is 9.64. The van der Waals surface area contributed by atoms with Gasteiger partial charge in [-0.3, -0.25) is 0 Å². The molecule has 0 aromatic rings. The molecule has 0 rings (SSSR count). The number of rotatable bonds is 11. The largest absolute Gasteiger partial charge is 0.179 e. The van der Waals surface area contributed by atoms with Gasteiger partial charge in [0.05, 0.1) is 0 Å². The van der Waals surface area contributed by atoms with E-state index in [0.717, 1.165) is 12.2 Å². The molecule has 1 heteroatoms. The van der Waals surface area contributed by atoms with E-state index in [9.17, 15) is 0 Å². The first-order valence-corrected chi connectivity index (χ1v) is 6.95. The predicted molar refractivity (Wildman–Crippen MR) is 70.0 cm³/mol. The van der Waals surface area contributed by atoms with Crippen molar-refractivity contribution in [3.05, 3.63) is 6.92 Å². The van der Waals surface area contributed by atoms with Crippen LogP contribution < -0.4 is 0 Å². The predicted octanol–water partition coefficient (Wildman–Crippen LogP) is 5.04. The number of unbranched alkanes of at least 4 members (excludes halogenated alkanes) is 10. The molecule has 0 aliphatic carbocycles. The molecule has 0 heterocycles. The molecule has 0 aliphatic heterocycles. The Morgan fingerprint density at radius 1 is 0.571 bits per heavy atom. The molecule has 0 unspecified atom stereocenters. The van der Waals surface area contributed by atoms with Gasteiger partial charge in [-0.1, -0.05) is 71.1 Å². The Hall–Kier alpha value is 0.350. The van der Waals surface area contributed by atoms with E-state index in [2.05, 4.69) is 19.6 Å². The molecule has 85 valence electrons. The average Bonchev–Trinajstić information content (AvgIpc) is 2.21. The van der Waals surface area contributed by atoms with E-state index in [-0.39, 0.29) is 0 Å². The van der Waals surface area contributed by atoms with Gasteiger partial charge >= 0.3 is 0 Å². The molecule has 0 amide bonds. The molecule has 0 spiro atoms. The Labute approximate surface area is 96.3 Å². The molecule has 0 saturated heterocycles. The normalized spacial score (nSPS) is 10.7. The van der Waals surface area contributed by atoms with Gasteiger partial charge in [-0.2, -0.15) is 12.6 Å². The highest BCUT2D eigenvalue weighted by molar-refractivity contribution is 7.80. The van der Waals surface area contributed by atoms with E-state index in [1.165, 1.54) is 64.2 Å². The van der Waals surface area contributed by atoms with Crippen molar-refractivity contribution < 1.29 is 0 Å². The van der Waals surface area contributed by atoms with Crippen molar-refractivity contribution in [3.63, 3.8) is 0 Å². The first kappa shape index (κ1) is 14.3. The van der Waals surface area contributed by atoms with Crippen LogP contribution in [0.4, 0.5) is 0 Å². The van der Waals surface area contributed by atoms with Gasteiger partial charge < -0.3 is 0 Å². The molecule has 0 nitrogen and oxygen atoms in total. The number of hydrogen-bond donors (Lipinski definition) is 1. The summed E-state index contributed by atoms with van der Waals surface area (Å²) in [5.41, 5.74) is 0. The van der Waals surface area contributed by atoms with Crippen molar-refractivity contribution >= 4 is 12.6 Å². The third-order valence-corrected chi connectivity index (χ3v) is 2.97. The lowest BCUT2D eigenvalue weighted by atomic mass is 10.1. The third kappa shape index (κ3) is 12.3. The van der Waals surface area contributed by atoms with E-state index in [1.807, 2.05) is 0 Å². The standard InChI is InChI=1S/C13H27S/c1-2-3-4-5-6-7-8-9-10-11-12-13-14/h14H,1-13H2. The van der Waals surface area contributed by atoms with E-state index in [1.54, 1.807) is 0 Å². The van der Waals surface area contributed by atoms with Crippen molar-refractivity contribution in [2.75, 3.05) is 5.75 Å². The molecule has 1 radical (unpaired) electrons. The summed E-state index contributed by atoms with van der Waals surface area (Å²) in [6.45, 7) is 3.86. The summed E-state index contributed by atoms with van der Waals surface area (Å²) >= 11 is 4.21.